The maximum Gasteiger partial charge on any atom is 0.248 e. The number of amides is 1. The minimum absolute atomic E-state index is 0.125. The van der Waals surface area contributed by atoms with Gasteiger partial charge in [-0.15, -0.1) is 0 Å². The van der Waals surface area contributed by atoms with Crippen LogP contribution in [-0.4, -0.2) is 46.7 Å². The fraction of sp³-hybridized carbons (Fsp3) is 0.316. The van der Waals surface area contributed by atoms with Crippen molar-refractivity contribution in [3.05, 3.63) is 48.9 Å². The van der Waals surface area contributed by atoms with Gasteiger partial charge >= 0.3 is 0 Å². The van der Waals surface area contributed by atoms with E-state index in [2.05, 4.69) is 20.2 Å². The fourth-order valence-electron chi connectivity index (χ4n) is 3.11. The molecule has 1 aromatic carbocycles. The number of carbonyl (C=O) groups is 1. The van der Waals surface area contributed by atoms with E-state index in [0.717, 1.165) is 43.0 Å². The molecule has 1 saturated heterocycles. The second kappa shape index (κ2) is 7.13. The number of nitrogens with zero attached hydrogens (tertiary/aromatic N) is 4. The molecule has 7 heteroatoms. The molecule has 0 bridgehead atoms. The number of hydrogen-bond acceptors (Lipinski definition) is 5. The summed E-state index contributed by atoms with van der Waals surface area (Å²) in [5.74, 6) is 0.419. The van der Waals surface area contributed by atoms with Crippen molar-refractivity contribution in [2.45, 2.75) is 13.0 Å². The molecular formula is C19H21N5O2. The van der Waals surface area contributed by atoms with Crippen molar-refractivity contribution in [1.82, 2.24) is 14.5 Å². The number of benzene rings is 1. The minimum Gasteiger partial charge on any atom is -0.378 e. The molecule has 4 rings (SSSR count). The van der Waals surface area contributed by atoms with Gasteiger partial charge in [0.2, 0.25) is 5.91 Å². The highest BCUT2D eigenvalue weighted by atomic mass is 16.5. The number of morpholine rings is 1. The molecular weight excluding hydrogens is 330 g/mol. The first kappa shape index (κ1) is 16.5. The molecule has 3 aromatic rings. The number of fused-ring (bicyclic) bond motifs is 1. The Bertz CT molecular complexity index is 900. The zero-order valence-electron chi connectivity index (χ0n) is 14.6. The molecule has 3 heterocycles. The van der Waals surface area contributed by atoms with E-state index in [0.29, 0.717) is 5.82 Å². The van der Waals surface area contributed by atoms with Crippen LogP contribution in [0.3, 0.4) is 0 Å². The minimum atomic E-state index is -0.386. The van der Waals surface area contributed by atoms with Crippen LogP contribution in [-0.2, 0) is 9.53 Å². The molecule has 1 N–H and O–H groups in total. The standard InChI is InChI=1S/C19H21N5O2/c1-14(24-13-21-16-4-2-3-5-17(16)24)19(25)22-18-7-6-15(12-20-18)23-8-10-26-11-9-23/h2-7,12-14H,8-11H2,1H3,(H,20,22,25). The van der Waals surface area contributed by atoms with Gasteiger partial charge in [-0.25, -0.2) is 9.97 Å². The van der Waals surface area contributed by atoms with Crippen molar-refractivity contribution in [3.8, 4) is 0 Å². The van der Waals surface area contributed by atoms with Gasteiger partial charge in [0.15, 0.2) is 0 Å². The summed E-state index contributed by atoms with van der Waals surface area (Å²) in [7, 11) is 0. The molecule has 0 spiro atoms. The third-order valence-corrected chi connectivity index (χ3v) is 4.65. The van der Waals surface area contributed by atoms with Gasteiger partial charge in [-0.1, -0.05) is 12.1 Å². The van der Waals surface area contributed by atoms with Crippen LogP contribution in [0, 0.1) is 0 Å². The molecule has 1 amide bonds. The largest absolute Gasteiger partial charge is 0.378 e. The Morgan fingerprint density at radius 1 is 1.15 bits per heavy atom. The fourth-order valence-corrected chi connectivity index (χ4v) is 3.11. The average molecular weight is 351 g/mol. The summed E-state index contributed by atoms with van der Waals surface area (Å²) in [6, 6.07) is 11.2. The lowest BCUT2D eigenvalue weighted by atomic mass is 10.2. The van der Waals surface area contributed by atoms with E-state index in [9.17, 15) is 4.79 Å². The highest BCUT2D eigenvalue weighted by Gasteiger charge is 2.18. The summed E-state index contributed by atoms with van der Waals surface area (Å²) in [6.07, 6.45) is 3.49. The van der Waals surface area contributed by atoms with Crippen LogP contribution >= 0.6 is 0 Å². The normalized spacial score (nSPS) is 15.8. The van der Waals surface area contributed by atoms with Gasteiger partial charge in [-0.2, -0.15) is 0 Å². The molecule has 1 aliphatic rings. The number of imidazole rings is 1. The van der Waals surface area contributed by atoms with Gasteiger partial charge in [0.1, 0.15) is 11.9 Å². The molecule has 134 valence electrons. The summed E-state index contributed by atoms with van der Waals surface area (Å²) in [5.41, 5.74) is 2.85. The summed E-state index contributed by atoms with van der Waals surface area (Å²) >= 11 is 0. The van der Waals surface area contributed by atoms with Crippen LogP contribution in [0.15, 0.2) is 48.9 Å². The highest BCUT2D eigenvalue weighted by Crippen LogP contribution is 2.20. The molecule has 0 aliphatic carbocycles. The van der Waals surface area contributed by atoms with Crippen LogP contribution in [0.5, 0.6) is 0 Å². The van der Waals surface area contributed by atoms with Gasteiger partial charge in [0.05, 0.1) is 42.5 Å². The van der Waals surface area contributed by atoms with Crippen LogP contribution in [0.1, 0.15) is 13.0 Å². The van der Waals surface area contributed by atoms with E-state index < -0.39 is 0 Å². The SMILES string of the molecule is CC(C(=O)Nc1ccc(N2CCOCC2)cn1)n1cnc2ccccc21. The summed E-state index contributed by atoms with van der Waals surface area (Å²) in [5, 5.41) is 2.88. The number of anilines is 2. The second-order valence-electron chi connectivity index (χ2n) is 6.31. The molecule has 1 fully saturated rings. The molecule has 1 atom stereocenters. The Morgan fingerprint density at radius 3 is 2.73 bits per heavy atom. The first-order valence-corrected chi connectivity index (χ1v) is 8.73. The van der Waals surface area contributed by atoms with E-state index in [1.165, 1.54) is 0 Å². The molecule has 1 unspecified atom stereocenters. The van der Waals surface area contributed by atoms with Crippen molar-refractivity contribution in [2.75, 3.05) is 36.5 Å². The quantitative estimate of drug-likeness (QED) is 0.782. The summed E-state index contributed by atoms with van der Waals surface area (Å²) < 4.78 is 7.23. The first-order valence-electron chi connectivity index (χ1n) is 8.73. The number of rotatable bonds is 4. The maximum atomic E-state index is 12.6. The number of nitrogens with one attached hydrogen (secondary N) is 1. The van der Waals surface area contributed by atoms with Crippen molar-refractivity contribution in [2.24, 2.45) is 0 Å². The predicted molar refractivity (Wildman–Crippen MR) is 100 cm³/mol. The lowest BCUT2D eigenvalue weighted by Gasteiger charge is -2.28. The summed E-state index contributed by atoms with van der Waals surface area (Å²) in [6.45, 7) is 5.03. The van der Waals surface area contributed by atoms with Crippen LogP contribution < -0.4 is 10.2 Å². The number of ether oxygens (including phenoxy) is 1. The number of hydrogen-bond donors (Lipinski definition) is 1. The van der Waals surface area contributed by atoms with Crippen molar-refractivity contribution in [3.63, 3.8) is 0 Å². The Hall–Kier alpha value is -2.93. The van der Waals surface area contributed by atoms with Crippen molar-refractivity contribution < 1.29 is 9.53 Å². The van der Waals surface area contributed by atoms with Gasteiger partial charge < -0.3 is 19.5 Å². The van der Waals surface area contributed by atoms with E-state index in [-0.39, 0.29) is 11.9 Å². The maximum absolute atomic E-state index is 12.6. The lowest BCUT2D eigenvalue weighted by Crippen LogP contribution is -2.36. The molecule has 1 aliphatic heterocycles. The van der Waals surface area contributed by atoms with E-state index in [4.69, 9.17) is 4.74 Å². The van der Waals surface area contributed by atoms with Gasteiger partial charge in [0.25, 0.3) is 0 Å². The third-order valence-electron chi connectivity index (χ3n) is 4.65. The van der Waals surface area contributed by atoms with Crippen LogP contribution in [0.25, 0.3) is 11.0 Å². The second-order valence-corrected chi connectivity index (χ2v) is 6.31. The molecule has 2 aromatic heterocycles. The van der Waals surface area contributed by atoms with Gasteiger partial charge in [0, 0.05) is 13.1 Å². The Balaban J connectivity index is 1.45. The Morgan fingerprint density at radius 2 is 1.96 bits per heavy atom. The topological polar surface area (TPSA) is 72.3 Å². The van der Waals surface area contributed by atoms with Crippen molar-refractivity contribution in [1.29, 1.82) is 0 Å². The predicted octanol–water partition coefficient (Wildman–Crippen LogP) is 2.47. The highest BCUT2D eigenvalue weighted by molar-refractivity contribution is 5.93. The van der Waals surface area contributed by atoms with Crippen LogP contribution in [0.2, 0.25) is 0 Å². The molecule has 0 saturated carbocycles. The summed E-state index contributed by atoms with van der Waals surface area (Å²) in [4.78, 5) is 23.6. The van der Waals surface area contributed by atoms with E-state index >= 15 is 0 Å². The first-order chi connectivity index (χ1) is 12.7. The Labute approximate surface area is 151 Å². The lowest BCUT2D eigenvalue weighted by molar-refractivity contribution is -0.118. The van der Waals surface area contributed by atoms with Crippen LogP contribution in [0.4, 0.5) is 11.5 Å². The van der Waals surface area contributed by atoms with E-state index in [1.807, 2.05) is 47.9 Å². The molecule has 7 nitrogen and oxygen atoms in total. The number of pyridine rings is 1. The molecule has 26 heavy (non-hydrogen) atoms. The number of aromatic nitrogens is 3. The van der Waals surface area contributed by atoms with Gasteiger partial charge in [-0.3, -0.25) is 4.79 Å². The molecule has 0 radical (unpaired) electrons. The smallest absolute Gasteiger partial charge is 0.248 e. The Kier molecular flexibility index (Phi) is 4.53. The zero-order valence-corrected chi connectivity index (χ0v) is 14.6. The number of para-hydroxylation sites is 2. The van der Waals surface area contributed by atoms with Crippen molar-refractivity contribution >= 4 is 28.4 Å². The number of carbonyl (C=O) groups excluding carboxylic acids is 1. The van der Waals surface area contributed by atoms with E-state index in [1.54, 1.807) is 12.5 Å². The zero-order chi connectivity index (χ0) is 17.9. The monoisotopic (exact) mass is 351 g/mol. The third kappa shape index (κ3) is 3.25. The average Bonchev–Trinajstić information content (AvgIpc) is 3.13. The van der Waals surface area contributed by atoms with Gasteiger partial charge in [-0.05, 0) is 31.2 Å².